The van der Waals surface area contributed by atoms with Gasteiger partial charge in [0.25, 0.3) is 0 Å². The smallest absolute Gasteiger partial charge is 0.207 e. The van der Waals surface area contributed by atoms with Crippen molar-refractivity contribution in [1.82, 2.24) is 9.80 Å². The van der Waals surface area contributed by atoms with E-state index in [1.54, 1.807) is 14.2 Å². The van der Waals surface area contributed by atoms with Crippen LogP contribution in [0, 0.1) is 25.2 Å². The molecule has 1 fully saturated rings. The summed E-state index contributed by atoms with van der Waals surface area (Å²) < 4.78 is 22.7. The number of aromatic hydroxyl groups is 2. The second kappa shape index (κ2) is 9.42. The number of aliphatic hydroxyl groups is 1. The molecule has 3 N–H and O–H groups in total. The maximum Gasteiger partial charge on any atom is 0.207 e. The molecule has 0 unspecified atom stereocenters. The second-order valence-corrected chi connectivity index (χ2v) is 10.2. The van der Waals surface area contributed by atoms with Crippen LogP contribution in [0.1, 0.15) is 45.5 Å². The molecule has 3 aliphatic heterocycles. The predicted octanol–water partition coefficient (Wildman–Crippen LogP) is 2.51. The SMILES string of the molecule is COc1c(O)c2c(c(OC)c1OC)C[C@H]1[C@H](C#N)N3[C@@H](CO)c4c(c(O)c(C)c(C)c4OC)C[C@H]3[C@@H]2N1C. The normalized spacial score (nSPS) is 26.0. The number of rotatable bonds is 5. The lowest BCUT2D eigenvalue weighted by Crippen LogP contribution is -2.68. The number of hydrogen-bond acceptors (Lipinski definition) is 10. The highest BCUT2D eigenvalue weighted by molar-refractivity contribution is 5.69. The van der Waals surface area contributed by atoms with Crippen LogP contribution in [0.5, 0.6) is 34.5 Å². The second-order valence-electron chi connectivity index (χ2n) is 10.2. The van der Waals surface area contributed by atoms with Crippen molar-refractivity contribution >= 4 is 0 Å². The van der Waals surface area contributed by atoms with Gasteiger partial charge in [-0.15, -0.1) is 0 Å². The highest BCUT2D eigenvalue weighted by Crippen LogP contribution is 2.59. The zero-order chi connectivity index (χ0) is 27.6. The van der Waals surface area contributed by atoms with E-state index in [4.69, 9.17) is 18.9 Å². The Bertz CT molecular complexity index is 1340. The average Bonchev–Trinajstić information content (AvgIpc) is 2.91. The fourth-order valence-electron chi connectivity index (χ4n) is 7.18. The molecule has 5 rings (SSSR count). The van der Waals surface area contributed by atoms with Crippen molar-refractivity contribution in [2.45, 2.75) is 56.9 Å². The Balaban J connectivity index is 1.82. The third-order valence-electron chi connectivity index (χ3n) is 8.93. The molecule has 204 valence electrons. The van der Waals surface area contributed by atoms with Gasteiger partial charge in [0.1, 0.15) is 17.5 Å². The maximum atomic E-state index is 11.6. The molecule has 0 amide bonds. The fourth-order valence-corrected chi connectivity index (χ4v) is 7.18. The number of aliphatic hydroxyl groups excluding tert-OH is 1. The summed E-state index contributed by atoms with van der Waals surface area (Å²) in [5, 5.41) is 44.1. The van der Waals surface area contributed by atoms with Crippen molar-refractivity contribution in [3.05, 3.63) is 33.4 Å². The fraction of sp³-hybridized carbons (Fsp3) is 0.536. The third kappa shape index (κ3) is 3.22. The molecule has 5 atom stereocenters. The zero-order valence-electron chi connectivity index (χ0n) is 22.8. The van der Waals surface area contributed by atoms with Crippen molar-refractivity contribution in [1.29, 1.82) is 5.26 Å². The minimum absolute atomic E-state index is 0.0426. The molecule has 38 heavy (non-hydrogen) atoms. The van der Waals surface area contributed by atoms with Crippen LogP contribution in [0.2, 0.25) is 0 Å². The lowest BCUT2D eigenvalue weighted by atomic mass is 9.71. The van der Waals surface area contributed by atoms with Crippen LogP contribution in [-0.2, 0) is 12.8 Å². The van der Waals surface area contributed by atoms with Gasteiger partial charge in [-0.1, -0.05) is 0 Å². The molecule has 2 aromatic carbocycles. The molecule has 3 aliphatic rings. The molecule has 2 bridgehead atoms. The van der Waals surface area contributed by atoms with Gasteiger partial charge >= 0.3 is 0 Å². The number of benzene rings is 2. The lowest BCUT2D eigenvalue weighted by molar-refractivity contribution is -0.0828. The van der Waals surface area contributed by atoms with Gasteiger partial charge in [-0.3, -0.25) is 9.80 Å². The minimum atomic E-state index is -0.590. The van der Waals surface area contributed by atoms with Gasteiger partial charge in [-0.25, -0.2) is 0 Å². The predicted molar refractivity (Wildman–Crippen MR) is 138 cm³/mol. The molecular weight excluding hydrogens is 490 g/mol. The van der Waals surface area contributed by atoms with Crippen molar-refractivity contribution in [3.8, 4) is 40.6 Å². The van der Waals surface area contributed by atoms with E-state index in [-0.39, 0.29) is 35.9 Å². The number of likely N-dealkylation sites (N-methyl/N-ethyl adjacent to an activating group) is 1. The Morgan fingerprint density at radius 2 is 1.42 bits per heavy atom. The molecule has 0 spiro atoms. The third-order valence-corrected chi connectivity index (χ3v) is 8.93. The topological polar surface area (TPSA) is 128 Å². The molecule has 10 heteroatoms. The van der Waals surface area contributed by atoms with Crippen LogP contribution < -0.4 is 18.9 Å². The van der Waals surface area contributed by atoms with E-state index >= 15 is 0 Å². The van der Waals surface area contributed by atoms with Gasteiger partial charge in [-0.2, -0.15) is 5.26 Å². The van der Waals surface area contributed by atoms with Gasteiger partial charge in [0.05, 0.1) is 53.2 Å². The van der Waals surface area contributed by atoms with Crippen molar-refractivity contribution in [3.63, 3.8) is 0 Å². The van der Waals surface area contributed by atoms with Crippen LogP contribution in [0.3, 0.4) is 0 Å². The molecule has 0 saturated carbocycles. The molecule has 2 aromatic rings. The summed E-state index contributed by atoms with van der Waals surface area (Å²) in [5.41, 5.74) is 4.32. The number of nitriles is 1. The van der Waals surface area contributed by atoms with Crippen molar-refractivity contribution < 1.29 is 34.3 Å². The summed E-state index contributed by atoms with van der Waals surface area (Å²) in [6, 6.07) is 0.313. The molecule has 1 saturated heterocycles. The molecule has 3 heterocycles. The van der Waals surface area contributed by atoms with E-state index in [9.17, 15) is 20.6 Å². The molecule has 0 aromatic heterocycles. The van der Waals surface area contributed by atoms with E-state index < -0.39 is 18.1 Å². The number of ether oxygens (including phenoxy) is 4. The van der Waals surface area contributed by atoms with Crippen LogP contribution >= 0.6 is 0 Å². The number of piperazine rings is 1. The summed E-state index contributed by atoms with van der Waals surface area (Å²) in [5.74, 6) is 1.69. The summed E-state index contributed by atoms with van der Waals surface area (Å²) in [6.45, 7) is 3.46. The van der Waals surface area contributed by atoms with Crippen molar-refractivity contribution in [2.24, 2.45) is 0 Å². The van der Waals surface area contributed by atoms with Gasteiger partial charge in [0.2, 0.25) is 11.5 Å². The average molecular weight is 526 g/mol. The Labute approximate surface area is 222 Å². The number of phenolic OH excluding ortho intramolecular Hbond substituents is 2. The summed E-state index contributed by atoms with van der Waals surface area (Å²) in [7, 11) is 8.04. The summed E-state index contributed by atoms with van der Waals surface area (Å²) in [4.78, 5) is 4.18. The van der Waals surface area contributed by atoms with Gasteiger partial charge in [-0.05, 0) is 44.9 Å². The van der Waals surface area contributed by atoms with Crippen LogP contribution in [0.4, 0.5) is 0 Å². The quantitative estimate of drug-likeness (QED) is 0.536. The Morgan fingerprint density at radius 1 is 0.816 bits per heavy atom. The monoisotopic (exact) mass is 525 g/mol. The van der Waals surface area contributed by atoms with Gasteiger partial charge in [0.15, 0.2) is 11.5 Å². The van der Waals surface area contributed by atoms with E-state index in [0.717, 1.165) is 11.1 Å². The van der Waals surface area contributed by atoms with Crippen LogP contribution in [-0.4, -0.2) is 85.3 Å². The first-order valence-corrected chi connectivity index (χ1v) is 12.6. The molecule has 0 radical (unpaired) electrons. The van der Waals surface area contributed by atoms with Gasteiger partial charge in [0, 0.05) is 34.3 Å². The molecule has 0 aliphatic carbocycles. The summed E-state index contributed by atoms with van der Waals surface area (Å²) >= 11 is 0. The number of phenols is 2. The van der Waals surface area contributed by atoms with Crippen molar-refractivity contribution in [2.75, 3.05) is 42.1 Å². The number of fused-ring (bicyclic) bond motifs is 7. The Kier molecular flexibility index (Phi) is 6.50. The Hall–Kier alpha value is -3.39. The van der Waals surface area contributed by atoms with Gasteiger partial charge < -0.3 is 34.3 Å². The maximum absolute atomic E-state index is 11.6. The molecular formula is C28H35N3O7. The first kappa shape index (κ1) is 26.2. The van der Waals surface area contributed by atoms with E-state index in [1.165, 1.54) is 14.2 Å². The van der Waals surface area contributed by atoms with Crippen LogP contribution in [0.15, 0.2) is 0 Å². The zero-order valence-corrected chi connectivity index (χ0v) is 22.8. The van der Waals surface area contributed by atoms with E-state index in [2.05, 4.69) is 15.9 Å². The first-order chi connectivity index (χ1) is 18.2. The Morgan fingerprint density at radius 3 is 1.97 bits per heavy atom. The lowest BCUT2D eigenvalue weighted by Gasteiger charge is -2.59. The highest BCUT2D eigenvalue weighted by Gasteiger charge is 2.57. The largest absolute Gasteiger partial charge is 0.507 e. The summed E-state index contributed by atoms with van der Waals surface area (Å²) in [6.07, 6.45) is 0.797. The number of methoxy groups -OCH3 is 4. The van der Waals surface area contributed by atoms with E-state index in [0.29, 0.717) is 52.3 Å². The molecule has 10 nitrogen and oxygen atoms in total. The minimum Gasteiger partial charge on any atom is -0.507 e. The highest BCUT2D eigenvalue weighted by atomic mass is 16.5. The standard InChI is InChI=1S/C28H35N3O7/c1-12-13(2)25(35-4)20-14(23(12)33)8-17-22-21-15(26(36-5)28(38-7)27(37-6)24(21)34)9-16(30(22)3)18(10-29)31(17)19(20)11-32/h16-19,22,32-34H,8-9,11H2,1-7H3/t16-,17-,18-,19-,22-/m0/s1. The van der Waals surface area contributed by atoms with E-state index in [1.807, 2.05) is 20.9 Å². The number of hydrogen-bond donors (Lipinski definition) is 3. The number of nitrogens with zero attached hydrogens (tertiary/aromatic N) is 3. The van der Waals surface area contributed by atoms with Crippen LogP contribution in [0.25, 0.3) is 0 Å². The first-order valence-electron chi connectivity index (χ1n) is 12.6.